The summed E-state index contributed by atoms with van der Waals surface area (Å²) in [5.41, 5.74) is 3.92. The van der Waals surface area contributed by atoms with E-state index < -0.39 is 6.03 Å². The molecular formula is C29H24N8O3. The number of nitrogens with one attached hydrogen (secondary N) is 3. The Morgan fingerprint density at radius 2 is 1.80 bits per heavy atom. The van der Waals surface area contributed by atoms with Gasteiger partial charge in [-0.1, -0.05) is 24.8 Å². The molecule has 11 heteroatoms. The topological polar surface area (TPSA) is 132 Å². The third-order valence-electron chi connectivity index (χ3n) is 6.34. The highest BCUT2D eigenvalue weighted by atomic mass is 16.5. The summed E-state index contributed by atoms with van der Waals surface area (Å²) < 4.78 is 9.33. The van der Waals surface area contributed by atoms with Crippen LogP contribution in [0, 0.1) is 0 Å². The molecule has 0 bridgehead atoms. The summed E-state index contributed by atoms with van der Waals surface area (Å²) in [6, 6.07) is 19.6. The number of ether oxygens (including phenoxy) is 1. The molecule has 0 radical (unpaired) electrons. The molecule has 0 saturated carbocycles. The molecule has 0 spiro atoms. The summed E-state index contributed by atoms with van der Waals surface area (Å²) in [6.45, 7) is 5.83. The van der Waals surface area contributed by atoms with Gasteiger partial charge in [0.2, 0.25) is 0 Å². The van der Waals surface area contributed by atoms with Gasteiger partial charge >= 0.3 is 11.7 Å². The first-order chi connectivity index (χ1) is 19.4. The molecule has 0 saturated heterocycles. The number of nitrogens with zero attached hydrogens (tertiary/aromatic N) is 5. The van der Waals surface area contributed by atoms with Gasteiger partial charge in [0, 0.05) is 37.0 Å². The van der Waals surface area contributed by atoms with Crippen molar-refractivity contribution in [1.29, 1.82) is 0 Å². The molecule has 6 aromatic rings. The van der Waals surface area contributed by atoms with Gasteiger partial charge in [-0.2, -0.15) is 5.10 Å². The number of benzene rings is 2. The summed E-state index contributed by atoms with van der Waals surface area (Å²) in [4.78, 5) is 36.7. The zero-order valence-corrected chi connectivity index (χ0v) is 21.7. The number of para-hydroxylation sites is 1. The van der Waals surface area contributed by atoms with Crippen molar-refractivity contribution < 1.29 is 9.53 Å². The molecule has 0 aliphatic heterocycles. The lowest BCUT2D eigenvalue weighted by atomic mass is 10.1. The van der Waals surface area contributed by atoms with Gasteiger partial charge in [0.15, 0.2) is 11.4 Å². The van der Waals surface area contributed by atoms with E-state index in [4.69, 9.17) is 4.74 Å². The molecule has 0 fully saturated rings. The van der Waals surface area contributed by atoms with Crippen LogP contribution in [-0.4, -0.2) is 35.3 Å². The molecular weight excluding hydrogens is 508 g/mol. The van der Waals surface area contributed by atoms with Crippen molar-refractivity contribution in [3.05, 3.63) is 102 Å². The molecule has 0 atom stereocenters. The second-order valence-electron chi connectivity index (χ2n) is 9.13. The maximum Gasteiger partial charge on any atom is 0.327 e. The Morgan fingerprint density at radius 1 is 0.975 bits per heavy atom. The summed E-state index contributed by atoms with van der Waals surface area (Å²) in [6.07, 6.45) is 3.20. The molecule has 6 rings (SSSR count). The van der Waals surface area contributed by atoms with Crippen molar-refractivity contribution in [3.63, 3.8) is 0 Å². The minimum atomic E-state index is -0.468. The number of carbonyl (C=O) groups excluding carboxylic acids is 1. The van der Waals surface area contributed by atoms with Gasteiger partial charge in [0.1, 0.15) is 17.1 Å². The Labute approximate surface area is 227 Å². The van der Waals surface area contributed by atoms with E-state index in [2.05, 4.69) is 37.3 Å². The highest BCUT2D eigenvalue weighted by molar-refractivity contribution is 6.06. The number of allylic oxidation sites excluding steroid dienone is 1. The number of urea groups is 1. The lowest BCUT2D eigenvalue weighted by molar-refractivity contribution is 0.262. The van der Waals surface area contributed by atoms with Gasteiger partial charge < -0.3 is 10.1 Å². The number of imidazole rings is 1. The standard InChI is InChI=1S/C29H24N8O3/c1-17(2)21-16-24(37(35-21)18-8-5-4-6-9-18)33-28(38)32-20-11-12-22(19-10-7-14-30-25(19)20)40-23-13-15-31-27-26(23)36(3)29(39)34-27/h4-16H,1H2,2-3H3,(H,31,34,39)(H2,32,33,38). The van der Waals surface area contributed by atoms with E-state index in [1.807, 2.05) is 43.3 Å². The third-order valence-corrected chi connectivity index (χ3v) is 6.34. The van der Waals surface area contributed by atoms with E-state index in [9.17, 15) is 9.59 Å². The summed E-state index contributed by atoms with van der Waals surface area (Å²) in [5.74, 6) is 1.44. The van der Waals surface area contributed by atoms with Crippen LogP contribution in [0.3, 0.4) is 0 Å². The molecule has 4 heterocycles. The van der Waals surface area contributed by atoms with Gasteiger partial charge in [-0.15, -0.1) is 0 Å². The zero-order valence-electron chi connectivity index (χ0n) is 21.7. The summed E-state index contributed by atoms with van der Waals surface area (Å²) in [5, 5.41) is 11.0. The third kappa shape index (κ3) is 4.45. The Hall–Kier alpha value is -5.71. The van der Waals surface area contributed by atoms with Crippen LogP contribution in [0.15, 0.2) is 90.5 Å². The lowest BCUT2D eigenvalue weighted by Gasteiger charge is -2.14. The van der Waals surface area contributed by atoms with Crippen LogP contribution in [0.25, 0.3) is 33.3 Å². The SMILES string of the molecule is C=C(C)c1cc(NC(=O)Nc2ccc(Oc3ccnc4[nH]c(=O)n(C)c34)c3cccnc23)n(-c2ccccc2)n1. The first-order valence-electron chi connectivity index (χ1n) is 12.4. The van der Waals surface area contributed by atoms with E-state index in [1.165, 1.54) is 4.57 Å². The van der Waals surface area contributed by atoms with Crippen molar-refractivity contribution in [2.75, 3.05) is 10.6 Å². The normalized spacial score (nSPS) is 11.1. The number of carbonyl (C=O) groups is 1. The summed E-state index contributed by atoms with van der Waals surface area (Å²) in [7, 11) is 1.64. The number of hydrogen-bond acceptors (Lipinski definition) is 6. The van der Waals surface area contributed by atoms with Crippen LogP contribution in [0.2, 0.25) is 0 Å². The molecule has 198 valence electrons. The number of aromatic nitrogens is 6. The number of H-pyrrole nitrogens is 1. The smallest absolute Gasteiger partial charge is 0.327 e. The van der Waals surface area contributed by atoms with Crippen LogP contribution < -0.4 is 21.1 Å². The Balaban J connectivity index is 1.31. The van der Waals surface area contributed by atoms with Crippen LogP contribution in [0.1, 0.15) is 12.6 Å². The number of pyridine rings is 2. The number of aryl methyl sites for hydroxylation is 1. The predicted octanol–water partition coefficient (Wildman–Crippen LogP) is 5.46. The lowest BCUT2D eigenvalue weighted by Crippen LogP contribution is -2.21. The first kappa shape index (κ1) is 24.6. The zero-order chi connectivity index (χ0) is 27.8. The average molecular weight is 533 g/mol. The largest absolute Gasteiger partial charge is 0.454 e. The molecule has 2 amide bonds. The first-order valence-corrected chi connectivity index (χ1v) is 12.4. The summed E-state index contributed by atoms with van der Waals surface area (Å²) >= 11 is 0. The fourth-order valence-electron chi connectivity index (χ4n) is 4.39. The van der Waals surface area contributed by atoms with Crippen molar-refractivity contribution >= 4 is 45.2 Å². The minimum absolute atomic E-state index is 0.292. The molecule has 2 aromatic carbocycles. The van der Waals surface area contributed by atoms with Crippen LogP contribution in [0.4, 0.5) is 16.3 Å². The number of amides is 2. The Morgan fingerprint density at radius 3 is 2.60 bits per heavy atom. The van der Waals surface area contributed by atoms with Gasteiger partial charge in [-0.25, -0.2) is 19.3 Å². The minimum Gasteiger partial charge on any atom is -0.454 e. The fourth-order valence-corrected chi connectivity index (χ4v) is 4.39. The molecule has 11 nitrogen and oxygen atoms in total. The quantitative estimate of drug-likeness (QED) is 0.261. The predicted molar refractivity (Wildman–Crippen MR) is 154 cm³/mol. The molecule has 4 aromatic heterocycles. The van der Waals surface area contributed by atoms with Gasteiger partial charge in [-0.3, -0.25) is 19.9 Å². The number of aromatic amines is 1. The number of fused-ring (bicyclic) bond motifs is 2. The molecule has 0 unspecified atom stereocenters. The van der Waals surface area contributed by atoms with Crippen molar-refractivity contribution in [3.8, 4) is 17.2 Å². The molecule has 0 aliphatic carbocycles. The van der Waals surface area contributed by atoms with Crippen molar-refractivity contribution in [2.24, 2.45) is 7.05 Å². The van der Waals surface area contributed by atoms with Crippen molar-refractivity contribution in [2.45, 2.75) is 6.92 Å². The van der Waals surface area contributed by atoms with Gasteiger partial charge in [-0.05, 0) is 48.9 Å². The Bertz CT molecular complexity index is 1970. The monoisotopic (exact) mass is 532 g/mol. The number of anilines is 2. The number of rotatable bonds is 6. The molecule has 40 heavy (non-hydrogen) atoms. The van der Waals surface area contributed by atoms with Gasteiger partial charge in [0.25, 0.3) is 0 Å². The molecule has 3 N–H and O–H groups in total. The maximum atomic E-state index is 13.2. The van der Waals surface area contributed by atoms with Gasteiger partial charge in [0.05, 0.1) is 22.6 Å². The van der Waals surface area contributed by atoms with Crippen molar-refractivity contribution in [1.82, 2.24) is 29.3 Å². The second-order valence-corrected chi connectivity index (χ2v) is 9.13. The van der Waals surface area contributed by atoms with E-state index in [0.717, 1.165) is 11.3 Å². The van der Waals surface area contributed by atoms with E-state index >= 15 is 0 Å². The second kappa shape index (κ2) is 9.87. The Kier molecular flexibility index (Phi) is 6.08. The van der Waals surface area contributed by atoms with Crippen LogP contribution in [0.5, 0.6) is 11.5 Å². The fraction of sp³-hybridized carbons (Fsp3) is 0.0690. The maximum absolute atomic E-state index is 13.2. The van der Waals surface area contributed by atoms with E-state index in [1.54, 1.807) is 54.5 Å². The van der Waals surface area contributed by atoms with Crippen LogP contribution >= 0.6 is 0 Å². The van der Waals surface area contributed by atoms with Crippen LogP contribution in [-0.2, 0) is 7.05 Å². The average Bonchev–Trinajstić information content (AvgIpc) is 3.51. The highest BCUT2D eigenvalue weighted by Crippen LogP contribution is 2.35. The highest BCUT2D eigenvalue weighted by Gasteiger charge is 2.17. The van der Waals surface area contributed by atoms with E-state index in [-0.39, 0.29) is 5.69 Å². The molecule has 0 aliphatic rings. The van der Waals surface area contributed by atoms with E-state index in [0.29, 0.717) is 50.8 Å². The number of hydrogen-bond donors (Lipinski definition) is 3.